The van der Waals surface area contributed by atoms with Gasteiger partial charge >= 0.3 is 0 Å². The van der Waals surface area contributed by atoms with E-state index in [1.807, 2.05) is 6.07 Å². The molecule has 0 bridgehead atoms. The summed E-state index contributed by atoms with van der Waals surface area (Å²) in [6, 6.07) is 27.0. The van der Waals surface area contributed by atoms with E-state index in [0.717, 1.165) is 24.9 Å². The minimum absolute atomic E-state index is 0.139. The molecule has 2 atom stereocenters. The lowest BCUT2D eigenvalue weighted by molar-refractivity contribution is 0.150. The molecule has 0 heterocycles. The van der Waals surface area contributed by atoms with Crippen LogP contribution in [0.15, 0.2) is 78.9 Å². The van der Waals surface area contributed by atoms with E-state index in [2.05, 4.69) is 79.5 Å². The summed E-state index contributed by atoms with van der Waals surface area (Å²) >= 11 is 0. The summed E-state index contributed by atoms with van der Waals surface area (Å²) in [5.41, 5.74) is 4.84. The van der Waals surface area contributed by atoms with E-state index in [-0.39, 0.29) is 11.2 Å². The third kappa shape index (κ3) is 3.30. The molecule has 0 fully saturated rings. The molecular weight excluding hydrogens is 333 g/mol. The molecule has 2 heteroatoms. The van der Waals surface area contributed by atoms with Gasteiger partial charge < -0.3 is 0 Å². The number of hydrogen-bond acceptors (Lipinski definition) is 1. The summed E-state index contributed by atoms with van der Waals surface area (Å²) in [4.78, 5) is 2.47. The summed E-state index contributed by atoms with van der Waals surface area (Å²) < 4.78 is 13.9. The van der Waals surface area contributed by atoms with Crippen molar-refractivity contribution in [2.45, 2.75) is 37.8 Å². The first-order valence-electron chi connectivity index (χ1n) is 9.67. The Morgan fingerprint density at radius 3 is 2.33 bits per heavy atom. The maximum Gasteiger partial charge on any atom is 0.123 e. The van der Waals surface area contributed by atoms with Gasteiger partial charge in [-0.1, -0.05) is 66.7 Å². The van der Waals surface area contributed by atoms with Crippen molar-refractivity contribution in [3.63, 3.8) is 0 Å². The van der Waals surface area contributed by atoms with Gasteiger partial charge in [0, 0.05) is 18.0 Å². The Kier molecular flexibility index (Phi) is 4.84. The first kappa shape index (κ1) is 17.9. The normalized spacial score (nSPS) is 21.9. The third-order valence-corrected chi connectivity index (χ3v) is 6.16. The molecule has 0 amide bonds. The second-order valence-electron chi connectivity index (χ2n) is 7.83. The standard InChI is InChI=1S/C25H26FN/c1-25(21-11-7-4-8-12-21)23-15-14-22(26)17-20(23)13-16-24(25)27(2)18-19-9-5-3-6-10-19/h3-12,14-15,17,24H,13,16,18H2,1-2H3. The van der Waals surface area contributed by atoms with Gasteiger partial charge in [0.1, 0.15) is 5.82 Å². The van der Waals surface area contributed by atoms with Crippen LogP contribution in [-0.4, -0.2) is 18.0 Å². The summed E-state index contributed by atoms with van der Waals surface area (Å²) in [6.45, 7) is 3.23. The number of halogens is 1. The Bertz CT molecular complexity index is 906. The van der Waals surface area contributed by atoms with Crippen LogP contribution in [0.2, 0.25) is 0 Å². The zero-order valence-corrected chi connectivity index (χ0v) is 16.0. The zero-order valence-electron chi connectivity index (χ0n) is 16.0. The van der Waals surface area contributed by atoms with Gasteiger partial charge in [0.15, 0.2) is 0 Å². The van der Waals surface area contributed by atoms with Gasteiger partial charge in [0.05, 0.1) is 0 Å². The number of fused-ring (bicyclic) bond motifs is 1. The largest absolute Gasteiger partial charge is 0.298 e. The lowest BCUT2D eigenvalue weighted by atomic mass is 9.63. The molecule has 138 valence electrons. The number of rotatable bonds is 4. The number of hydrogen-bond donors (Lipinski definition) is 0. The average Bonchev–Trinajstić information content (AvgIpc) is 2.69. The van der Waals surface area contributed by atoms with Crippen LogP contribution in [0.3, 0.4) is 0 Å². The molecule has 0 saturated heterocycles. The molecule has 27 heavy (non-hydrogen) atoms. The van der Waals surface area contributed by atoms with Crippen LogP contribution in [0.5, 0.6) is 0 Å². The van der Waals surface area contributed by atoms with Gasteiger partial charge in [-0.15, -0.1) is 0 Å². The highest BCUT2D eigenvalue weighted by Gasteiger charge is 2.43. The molecule has 4 rings (SSSR count). The van der Waals surface area contributed by atoms with Gasteiger partial charge in [0.2, 0.25) is 0 Å². The van der Waals surface area contributed by atoms with Crippen molar-refractivity contribution in [2.75, 3.05) is 7.05 Å². The topological polar surface area (TPSA) is 3.24 Å². The lowest BCUT2D eigenvalue weighted by Crippen LogP contribution is -2.50. The minimum Gasteiger partial charge on any atom is -0.298 e. The first-order valence-corrected chi connectivity index (χ1v) is 9.67. The van der Waals surface area contributed by atoms with E-state index in [1.54, 1.807) is 12.1 Å². The average molecular weight is 359 g/mol. The molecule has 3 aromatic carbocycles. The van der Waals surface area contributed by atoms with Gasteiger partial charge in [-0.05, 0) is 61.2 Å². The van der Waals surface area contributed by atoms with E-state index in [4.69, 9.17) is 0 Å². The quantitative estimate of drug-likeness (QED) is 0.588. The second-order valence-corrected chi connectivity index (χ2v) is 7.83. The van der Waals surface area contributed by atoms with Crippen molar-refractivity contribution >= 4 is 0 Å². The van der Waals surface area contributed by atoms with E-state index in [9.17, 15) is 4.39 Å². The van der Waals surface area contributed by atoms with Crippen molar-refractivity contribution in [3.8, 4) is 0 Å². The molecule has 1 aliphatic rings. The fourth-order valence-corrected chi connectivity index (χ4v) is 4.81. The van der Waals surface area contributed by atoms with Crippen LogP contribution in [0.4, 0.5) is 4.39 Å². The summed E-state index contributed by atoms with van der Waals surface area (Å²) in [7, 11) is 2.22. The lowest BCUT2D eigenvalue weighted by Gasteiger charge is -2.47. The summed E-state index contributed by atoms with van der Waals surface area (Å²) in [5, 5.41) is 0. The molecule has 1 nitrogen and oxygen atoms in total. The highest BCUT2D eigenvalue weighted by atomic mass is 19.1. The molecular formula is C25H26FN. The molecule has 0 aliphatic heterocycles. The smallest absolute Gasteiger partial charge is 0.123 e. The van der Waals surface area contributed by atoms with Crippen LogP contribution in [0, 0.1) is 5.82 Å². The molecule has 0 aromatic heterocycles. The molecule has 3 aromatic rings. The zero-order chi connectivity index (χ0) is 18.9. The number of likely N-dealkylation sites (N-methyl/N-ethyl adjacent to an activating group) is 1. The monoisotopic (exact) mass is 359 g/mol. The SMILES string of the molecule is CN(Cc1ccccc1)C1CCc2cc(F)ccc2C1(C)c1ccccc1. The van der Waals surface area contributed by atoms with Crippen molar-refractivity contribution < 1.29 is 4.39 Å². The van der Waals surface area contributed by atoms with Crippen molar-refractivity contribution in [3.05, 3.63) is 107 Å². The molecule has 0 spiro atoms. The van der Waals surface area contributed by atoms with Gasteiger partial charge in [-0.3, -0.25) is 4.90 Å². The summed E-state index contributed by atoms with van der Waals surface area (Å²) in [5.74, 6) is -0.139. The van der Waals surface area contributed by atoms with Gasteiger partial charge in [-0.2, -0.15) is 0 Å². The molecule has 0 saturated carbocycles. The Balaban J connectivity index is 1.77. The van der Waals surface area contributed by atoms with Crippen molar-refractivity contribution in [1.29, 1.82) is 0 Å². The number of nitrogens with zero attached hydrogens (tertiary/aromatic N) is 1. The number of aryl methyl sites for hydroxylation is 1. The maximum atomic E-state index is 13.9. The Morgan fingerprint density at radius 2 is 1.63 bits per heavy atom. The fraction of sp³-hybridized carbons (Fsp3) is 0.280. The molecule has 0 radical (unpaired) electrons. The van der Waals surface area contributed by atoms with E-state index < -0.39 is 0 Å². The number of benzene rings is 3. The highest BCUT2D eigenvalue weighted by Crippen LogP contribution is 2.44. The molecule has 2 unspecified atom stereocenters. The van der Waals surface area contributed by atoms with Gasteiger partial charge in [-0.25, -0.2) is 4.39 Å². The summed E-state index contributed by atoms with van der Waals surface area (Å²) in [6.07, 6.45) is 1.94. The van der Waals surface area contributed by atoms with E-state index >= 15 is 0 Å². The fourth-order valence-electron chi connectivity index (χ4n) is 4.81. The highest BCUT2D eigenvalue weighted by molar-refractivity contribution is 5.47. The second kappa shape index (κ2) is 7.28. The minimum atomic E-state index is -0.175. The maximum absolute atomic E-state index is 13.9. The van der Waals surface area contributed by atoms with Crippen molar-refractivity contribution in [2.24, 2.45) is 0 Å². The third-order valence-electron chi connectivity index (χ3n) is 6.16. The molecule has 1 aliphatic carbocycles. The predicted molar refractivity (Wildman–Crippen MR) is 109 cm³/mol. The van der Waals surface area contributed by atoms with Crippen LogP contribution in [0.25, 0.3) is 0 Å². The Labute approximate surface area is 161 Å². The van der Waals surface area contributed by atoms with Gasteiger partial charge in [0.25, 0.3) is 0 Å². The molecule has 0 N–H and O–H groups in total. The van der Waals surface area contributed by atoms with Crippen LogP contribution >= 0.6 is 0 Å². The predicted octanol–water partition coefficient (Wildman–Crippen LogP) is 5.58. The van der Waals surface area contributed by atoms with E-state index in [0.29, 0.717) is 6.04 Å². The Morgan fingerprint density at radius 1 is 0.963 bits per heavy atom. The Hall–Kier alpha value is -2.45. The first-order chi connectivity index (χ1) is 13.1. The van der Waals surface area contributed by atoms with Crippen LogP contribution in [-0.2, 0) is 18.4 Å². The van der Waals surface area contributed by atoms with Crippen LogP contribution < -0.4 is 0 Å². The van der Waals surface area contributed by atoms with Crippen molar-refractivity contribution in [1.82, 2.24) is 4.90 Å². The van der Waals surface area contributed by atoms with E-state index in [1.165, 1.54) is 16.7 Å². The van der Waals surface area contributed by atoms with Crippen LogP contribution in [0.1, 0.15) is 35.6 Å².